The number of fused-ring (bicyclic) bond motifs is 1. The third kappa shape index (κ3) is 1.94. The Bertz CT molecular complexity index is 873. The smallest absolute Gasteiger partial charge is 0.135 e. The molecule has 4 rings (SSSR count). The highest BCUT2D eigenvalue weighted by molar-refractivity contribution is 5.92. The number of benzene rings is 2. The van der Waals surface area contributed by atoms with Crippen molar-refractivity contribution in [2.75, 3.05) is 5.73 Å². The fourth-order valence-electron chi connectivity index (χ4n) is 3.15. The molecule has 0 unspecified atom stereocenters. The lowest BCUT2D eigenvalue weighted by Gasteiger charge is -2.05. The molecule has 0 atom stereocenters. The number of para-hydroxylation sites is 1. The Hall–Kier alpha value is -2.81. The summed E-state index contributed by atoms with van der Waals surface area (Å²) in [5, 5.41) is 4.64. The number of hydrogen-bond donors (Lipinski definition) is 1. The monoisotopic (exact) mass is 287 g/mol. The van der Waals surface area contributed by atoms with Crippen LogP contribution in [0.25, 0.3) is 17.3 Å². The van der Waals surface area contributed by atoms with Gasteiger partial charge in [0, 0.05) is 5.56 Å². The van der Waals surface area contributed by atoms with Crippen molar-refractivity contribution in [3.63, 3.8) is 0 Å². The van der Waals surface area contributed by atoms with Gasteiger partial charge in [-0.1, -0.05) is 48.5 Å². The lowest BCUT2D eigenvalue weighted by atomic mass is 10.0. The number of rotatable bonds is 2. The molecule has 0 fully saturated rings. The van der Waals surface area contributed by atoms with Crippen molar-refractivity contribution in [2.24, 2.45) is 0 Å². The first-order valence-electron chi connectivity index (χ1n) is 7.43. The molecule has 0 saturated heterocycles. The summed E-state index contributed by atoms with van der Waals surface area (Å²) in [5.41, 5.74) is 13.3. The quantitative estimate of drug-likeness (QED) is 0.777. The minimum atomic E-state index is 0.711. The van der Waals surface area contributed by atoms with Crippen LogP contribution in [0.3, 0.4) is 0 Å². The van der Waals surface area contributed by atoms with E-state index in [1.807, 2.05) is 41.9 Å². The molecule has 0 bridgehead atoms. The zero-order chi connectivity index (χ0) is 15.1. The molecule has 1 aliphatic rings. The van der Waals surface area contributed by atoms with Gasteiger partial charge in [0.1, 0.15) is 5.82 Å². The van der Waals surface area contributed by atoms with Crippen molar-refractivity contribution >= 4 is 17.5 Å². The number of nitrogens with zero attached hydrogens (tertiary/aromatic N) is 2. The second-order valence-electron chi connectivity index (χ2n) is 5.64. The molecule has 1 heterocycles. The Kier molecular flexibility index (Phi) is 2.86. The molecule has 3 nitrogen and oxygen atoms in total. The predicted molar refractivity (Wildman–Crippen MR) is 90.7 cm³/mol. The first kappa shape index (κ1) is 12.9. The molecular formula is C19H17N3. The van der Waals surface area contributed by atoms with Crippen molar-refractivity contribution in [2.45, 2.75) is 13.3 Å². The molecule has 1 aromatic heterocycles. The molecule has 2 N–H and O–H groups in total. The number of nitrogen functional groups attached to an aromatic ring is 1. The molecule has 0 amide bonds. The largest absolute Gasteiger partial charge is 0.383 e. The molecule has 2 aromatic carbocycles. The summed E-state index contributed by atoms with van der Waals surface area (Å²) < 4.78 is 1.83. The third-order valence-electron chi connectivity index (χ3n) is 4.18. The van der Waals surface area contributed by atoms with Gasteiger partial charge in [-0.15, -0.1) is 0 Å². The average Bonchev–Trinajstić information content (AvgIpc) is 3.08. The first-order valence-corrected chi connectivity index (χ1v) is 7.43. The van der Waals surface area contributed by atoms with Gasteiger partial charge in [-0.05, 0) is 42.2 Å². The van der Waals surface area contributed by atoms with E-state index in [9.17, 15) is 0 Å². The highest BCUT2D eigenvalue weighted by atomic mass is 15.3. The lowest BCUT2D eigenvalue weighted by Crippen LogP contribution is -2.02. The fourth-order valence-corrected chi connectivity index (χ4v) is 3.15. The van der Waals surface area contributed by atoms with E-state index in [1.54, 1.807) is 0 Å². The van der Waals surface area contributed by atoms with Crippen molar-refractivity contribution in [1.82, 2.24) is 9.78 Å². The number of anilines is 1. The molecule has 0 saturated carbocycles. The summed E-state index contributed by atoms with van der Waals surface area (Å²) in [6, 6.07) is 18.5. The maximum atomic E-state index is 6.41. The Morgan fingerprint density at radius 3 is 2.50 bits per heavy atom. The second kappa shape index (κ2) is 4.88. The van der Waals surface area contributed by atoms with Crippen molar-refractivity contribution < 1.29 is 0 Å². The van der Waals surface area contributed by atoms with Crippen LogP contribution < -0.4 is 5.73 Å². The normalized spacial score (nSPS) is 13.0. The van der Waals surface area contributed by atoms with Gasteiger partial charge in [0.25, 0.3) is 0 Å². The van der Waals surface area contributed by atoms with E-state index in [1.165, 1.54) is 16.7 Å². The van der Waals surface area contributed by atoms with E-state index in [0.29, 0.717) is 5.82 Å². The third-order valence-corrected chi connectivity index (χ3v) is 4.18. The summed E-state index contributed by atoms with van der Waals surface area (Å²) in [5.74, 6) is 0.711. The van der Waals surface area contributed by atoms with Crippen LogP contribution in [-0.4, -0.2) is 9.78 Å². The second-order valence-corrected chi connectivity index (χ2v) is 5.64. The number of aryl methyl sites for hydroxylation is 1. The summed E-state index contributed by atoms with van der Waals surface area (Å²) in [6.45, 7) is 2.02. The molecule has 108 valence electrons. The summed E-state index contributed by atoms with van der Waals surface area (Å²) in [6.07, 6.45) is 3.15. The number of nitrogens with two attached hydrogens (primary N) is 1. The van der Waals surface area contributed by atoms with Crippen LogP contribution in [0.5, 0.6) is 0 Å². The Labute approximate surface area is 129 Å². The van der Waals surface area contributed by atoms with Crippen LogP contribution in [0.4, 0.5) is 5.82 Å². The molecule has 3 heteroatoms. The minimum Gasteiger partial charge on any atom is -0.383 e. The predicted octanol–water partition coefficient (Wildman–Crippen LogP) is 3.86. The number of aromatic nitrogens is 2. The average molecular weight is 287 g/mol. The molecule has 3 aromatic rings. The van der Waals surface area contributed by atoms with Gasteiger partial charge in [-0.25, -0.2) is 4.68 Å². The zero-order valence-electron chi connectivity index (χ0n) is 12.5. The summed E-state index contributed by atoms with van der Waals surface area (Å²) in [4.78, 5) is 0. The maximum Gasteiger partial charge on any atom is 0.135 e. The zero-order valence-corrected chi connectivity index (χ0v) is 12.5. The van der Waals surface area contributed by atoms with Gasteiger partial charge in [-0.3, -0.25) is 0 Å². The Morgan fingerprint density at radius 1 is 1.00 bits per heavy atom. The SMILES string of the molecule is Cc1nn(-c2ccccc2)c(N)c1C1=Cc2ccccc2C1. The van der Waals surface area contributed by atoms with E-state index < -0.39 is 0 Å². The Morgan fingerprint density at radius 2 is 1.73 bits per heavy atom. The van der Waals surface area contributed by atoms with Crippen LogP contribution in [0.1, 0.15) is 22.4 Å². The maximum absolute atomic E-state index is 6.41. The highest BCUT2D eigenvalue weighted by Gasteiger charge is 2.21. The Balaban J connectivity index is 1.81. The number of hydrogen-bond acceptors (Lipinski definition) is 2. The van der Waals surface area contributed by atoms with E-state index in [4.69, 9.17) is 5.73 Å². The minimum absolute atomic E-state index is 0.711. The summed E-state index contributed by atoms with van der Waals surface area (Å²) >= 11 is 0. The van der Waals surface area contributed by atoms with Gasteiger partial charge in [-0.2, -0.15) is 5.10 Å². The van der Waals surface area contributed by atoms with Crippen LogP contribution in [0, 0.1) is 6.92 Å². The summed E-state index contributed by atoms with van der Waals surface area (Å²) in [7, 11) is 0. The van der Waals surface area contributed by atoms with Gasteiger partial charge >= 0.3 is 0 Å². The van der Waals surface area contributed by atoms with Gasteiger partial charge < -0.3 is 5.73 Å². The first-order chi connectivity index (χ1) is 10.7. The van der Waals surface area contributed by atoms with Gasteiger partial charge in [0.15, 0.2) is 0 Å². The van der Waals surface area contributed by atoms with Crippen molar-refractivity contribution in [1.29, 1.82) is 0 Å². The fraction of sp³-hybridized carbons (Fsp3) is 0.105. The standard InChI is InChI=1S/C19H17N3/c1-13-18(16-11-14-7-5-6-8-15(14)12-16)19(20)22(21-13)17-9-3-2-4-10-17/h2-11H,12,20H2,1H3. The van der Waals surface area contributed by atoms with Crippen molar-refractivity contribution in [3.8, 4) is 5.69 Å². The van der Waals surface area contributed by atoms with E-state index in [2.05, 4.69) is 35.4 Å². The lowest BCUT2D eigenvalue weighted by molar-refractivity contribution is 0.872. The van der Waals surface area contributed by atoms with Crippen LogP contribution in [0.2, 0.25) is 0 Å². The van der Waals surface area contributed by atoms with E-state index in [-0.39, 0.29) is 0 Å². The van der Waals surface area contributed by atoms with Crippen LogP contribution >= 0.6 is 0 Å². The molecular weight excluding hydrogens is 270 g/mol. The molecule has 22 heavy (non-hydrogen) atoms. The highest BCUT2D eigenvalue weighted by Crippen LogP contribution is 2.36. The van der Waals surface area contributed by atoms with Gasteiger partial charge in [0.05, 0.1) is 11.4 Å². The molecule has 1 aliphatic carbocycles. The van der Waals surface area contributed by atoms with E-state index >= 15 is 0 Å². The molecule has 0 radical (unpaired) electrons. The van der Waals surface area contributed by atoms with Crippen molar-refractivity contribution in [3.05, 3.63) is 77.0 Å². The topological polar surface area (TPSA) is 43.8 Å². The van der Waals surface area contributed by atoms with Crippen LogP contribution in [0.15, 0.2) is 54.6 Å². The number of allylic oxidation sites excluding steroid dienone is 1. The van der Waals surface area contributed by atoms with E-state index in [0.717, 1.165) is 23.4 Å². The molecule has 0 spiro atoms. The molecule has 0 aliphatic heterocycles. The van der Waals surface area contributed by atoms with Gasteiger partial charge in [0.2, 0.25) is 0 Å². The van der Waals surface area contributed by atoms with Crippen LogP contribution in [-0.2, 0) is 6.42 Å².